The fraction of sp³-hybridized carbons (Fsp3) is 0.619. The maximum Gasteiger partial charge on any atom is 0.234 e. The third-order valence-corrected chi connectivity index (χ3v) is 6.95. The Morgan fingerprint density at radius 3 is 2.82 bits per heavy atom. The maximum absolute atomic E-state index is 12.4. The van der Waals surface area contributed by atoms with E-state index < -0.39 is 0 Å². The first-order valence-electron chi connectivity index (χ1n) is 10.5. The van der Waals surface area contributed by atoms with E-state index in [-0.39, 0.29) is 11.6 Å². The van der Waals surface area contributed by atoms with Crippen LogP contribution in [0.25, 0.3) is 0 Å². The Balaban J connectivity index is 1.26. The van der Waals surface area contributed by atoms with Gasteiger partial charge in [-0.2, -0.15) is 0 Å². The second kappa shape index (κ2) is 7.23. The Labute approximate surface area is 171 Å². The third-order valence-electron chi connectivity index (χ3n) is 6.72. The Hall–Kier alpha value is -1.79. The van der Waals surface area contributed by atoms with Gasteiger partial charge in [-0.1, -0.05) is 24.4 Å². The molecular formula is C21H28ClN5O. The first-order chi connectivity index (χ1) is 13.6. The molecule has 28 heavy (non-hydrogen) atoms. The average Bonchev–Trinajstić information content (AvgIpc) is 3.36. The minimum absolute atomic E-state index is 0.120. The molecule has 1 saturated carbocycles. The quantitative estimate of drug-likeness (QED) is 0.817. The first-order valence-corrected chi connectivity index (χ1v) is 10.9. The van der Waals surface area contributed by atoms with Gasteiger partial charge in [-0.05, 0) is 31.0 Å². The van der Waals surface area contributed by atoms with Crippen molar-refractivity contribution in [2.24, 2.45) is 4.99 Å². The number of likely N-dealkylation sites (tertiary alicyclic amines) is 1. The molecular weight excluding hydrogens is 374 g/mol. The molecule has 3 aliphatic heterocycles. The van der Waals surface area contributed by atoms with Crippen LogP contribution >= 0.6 is 11.6 Å². The molecule has 1 spiro atoms. The normalized spacial score (nSPS) is 23.9. The number of hydrogen-bond donors (Lipinski definition) is 2. The molecule has 1 aromatic carbocycles. The summed E-state index contributed by atoms with van der Waals surface area (Å²) in [5.41, 5.74) is 2.11. The summed E-state index contributed by atoms with van der Waals surface area (Å²) in [6.45, 7) is 4.12. The fourth-order valence-electron chi connectivity index (χ4n) is 5.25. The zero-order valence-corrected chi connectivity index (χ0v) is 17.0. The van der Waals surface area contributed by atoms with E-state index in [1.54, 1.807) is 0 Å². The summed E-state index contributed by atoms with van der Waals surface area (Å²) in [4.78, 5) is 21.9. The topological polar surface area (TPSA) is 60.0 Å². The van der Waals surface area contributed by atoms with Gasteiger partial charge in [0.05, 0.1) is 13.1 Å². The SMILES string of the molecule is O=C(CN1CCC2(CC1)Nc1cc(Cl)ccc1C1=NCCN12)NC1CCCC1. The van der Waals surface area contributed by atoms with Gasteiger partial charge in [-0.15, -0.1) is 0 Å². The highest BCUT2D eigenvalue weighted by molar-refractivity contribution is 6.31. The van der Waals surface area contributed by atoms with Gasteiger partial charge in [-0.25, -0.2) is 0 Å². The summed E-state index contributed by atoms with van der Waals surface area (Å²) in [6.07, 6.45) is 6.70. The molecule has 1 saturated heterocycles. The second-order valence-corrected chi connectivity index (χ2v) is 8.96. The predicted octanol–water partition coefficient (Wildman–Crippen LogP) is 2.68. The van der Waals surface area contributed by atoms with E-state index >= 15 is 0 Å². The zero-order valence-electron chi connectivity index (χ0n) is 16.2. The highest BCUT2D eigenvalue weighted by Gasteiger charge is 2.46. The summed E-state index contributed by atoms with van der Waals surface area (Å²) in [5, 5.41) is 7.75. The molecule has 1 aromatic rings. The summed E-state index contributed by atoms with van der Waals surface area (Å²) in [7, 11) is 0. The molecule has 0 atom stereocenters. The van der Waals surface area contributed by atoms with Crippen molar-refractivity contribution in [2.75, 3.05) is 38.0 Å². The molecule has 4 aliphatic rings. The van der Waals surface area contributed by atoms with Crippen molar-refractivity contribution >= 4 is 29.0 Å². The molecule has 3 heterocycles. The molecule has 5 rings (SSSR count). The Kier molecular flexibility index (Phi) is 4.71. The Morgan fingerprint density at radius 2 is 2.04 bits per heavy atom. The van der Waals surface area contributed by atoms with Gasteiger partial charge < -0.3 is 15.5 Å². The second-order valence-electron chi connectivity index (χ2n) is 8.53. The molecule has 1 amide bonds. The van der Waals surface area contributed by atoms with Crippen LogP contribution in [0.2, 0.25) is 5.02 Å². The van der Waals surface area contributed by atoms with Gasteiger partial charge in [-0.3, -0.25) is 14.7 Å². The number of rotatable bonds is 3. The van der Waals surface area contributed by atoms with E-state index in [1.807, 2.05) is 12.1 Å². The van der Waals surface area contributed by atoms with Crippen molar-refractivity contribution in [3.63, 3.8) is 0 Å². The number of carbonyl (C=O) groups excluding carboxylic acids is 1. The molecule has 1 aliphatic carbocycles. The number of halogens is 1. The van der Waals surface area contributed by atoms with E-state index in [0.717, 1.165) is 74.0 Å². The number of nitrogens with zero attached hydrogens (tertiary/aromatic N) is 3. The number of anilines is 1. The Morgan fingerprint density at radius 1 is 1.25 bits per heavy atom. The van der Waals surface area contributed by atoms with Gasteiger partial charge in [0.1, 0.15) is 11.5 Å². The van der Waals surface area contributed by atoms with Crippen molar-refractivity contribution in [3.05, 3.63) is 28.8 Å². The molecule has 7 heteroatoms. The number of aliphatic imine (C=N–C) groups is 1. The van der Waals surface area contributed by atoms with Gasteiger partial charge in [0.2, 0.25) is 5.91 Å². The lowest BCUT2D eigenvalue weighted by atomic mass is 9.90. The summed E-state index contributed by atoms with van der Waals surface area (Å²) in [6, 6.07) is 6.41. The van der Waals surface area contributed by atoms with E-state index in [4.69, 9.17) is 16.6 Å². The van der Waals surface area contributed by atoms with Crippen LogP contribution in [-0.2, 0) is 4.79 Å². The number of nitrogens with one attached hydrogen (secondary N) is 2. The Bertz CT molecular complexity index is 796. The molecule has 150 valence electrons. The van der Waals surface area contributed by atoms with Gasteiger partial charge in [0.25, 0.3) is 0 Å². The number of benzene rings is 1. The summed E-state index contributed by atoms with van der Waals surface area (Å²) in [5.74, 6) is 1.28. The van der Waals surface area contributed by atoms with Crippen LogP contribution in [0.4, 0.5) is 5.69 Å². The molecule has 2 fully saturated rings. The van der Waals surface area contributed by atoms with Crippen LogP contribution in [0.5, 0.6) is 0 Å². The van der Waals surface area contributed by atoms with Crippen LogP contribution < -0.4 is 10.6 Å². The van der Waals surface area contributed by atoms with Crippen molar-refractivity contribution in [1.29, 1.82) is 0 Å². The molecule has 0 radical (unpaired) electrons. The van der Waals surface area contributed by atoms with Crippen LogP contribution in [0, 0.1) is 0 Å². The minimum Gasteiger partial charge on any atom is -0.362 e. The van der Waals surface area contributed by atoms with Crippen molar-refractivity contribution in [1.82, 2.24) is 15.1 Å². The van der Waals surface area contributed by atoms with Crippen LogP contribution in [0.15, 0.2) is 23.2 Å². The lowest BCUT2D eigenvalue weighted by Crippen LogP contribution is -2.63. The van der Waals surface area contributed by atoms with Gasteiger partial charge in [0, 0.05) is 54.8 Å². The highest BCUT2D eigenvalue weighted by Crippen LogP contribution is 2.40. The van der Waals surface area contributed by atoms with Crippen LogP contribution in [0.3, 0.4) is 0 Å². The van der Waals surface area contributed by atoms with Crippen LogP contribution in [-0.4, -0.2) is 66.0 Å². The zero-order chi connectivity index (χ0) is 19.1. The standard InChI is InChI=1S/C21H28ClN5O/c22-15-5-6-17-18(13-15)25-21(27-12-9-23-20(17)27)7-10-26(11-8-21)14-19(28)24-16-3-1-2-4-16/h5-6,13,16,25H,1-4,7-12,14H2,(H,24,28). The lowest BCUT2D eigenvalue weighted by Gasteiger charge is -2.52. The average molecular weight is 402 g/mol. The molecule has 0 aromatic heterocycles. The third kappa shape index (κ3) is 3.26. The van der Waals surface area contributed by atoms with E-state index in [1.165, 1.54) is 12.8 Å². The smallest absolute Gasteiger partial charge is 0.234 e. The molecule has 6 nitrogen and oxygen atoms in total. The monoisotopic (exact) mass is 401 g/mol. The van der Waals surface area contributed by atoms with Crippen molar-refractivity contribution in [3.8, 4) is 0 Å². The lowest BCUT2D eigenvalue weighted by molar-refractivity contribution is -0.123. The minimum atomic E-state index is -0.120. The summed E-state index contributed by atoms with van der Waals surface area (Å²) < 4.78 is 0. The maximum atomic E-state index is 12.4. The van der Waals surface area contributed by atoms with Crippen molar-refractivity contribution in [2.45, 2.75) is 50.2 Å². The summed E-state index contributed by atoms with van der Waals surface area (Å²) >= 11 is 6.25. The van der Waals surface area contributed by atoms with E-state index in [9.17, 15) is 4.79 Å². The molecule has 0 unspecified atom stereocenters. The molecule has 2 N–H and O–H groups in total. The number of amides is 1. The van der Waals surface area contributed by atoms with E-state index in [2.05, 4.69) is 26.5 Å². The van der Waals surface area contributed by atoms with Gasteiger partial charge >= 0.3 is 0 Å². The first kappa shape index (κ1) is 18.3. The largest absolute Gasteiger partial charge is 0.362 e. The predicted molar refractivity (Wildman–Crippen MR) is 112 cm³/mol. The number of carbonyl (C=O) groups is 1. The number of amidine groups is 1. The number of hydrogen-bond acceptors (Lipinski definition) is 5. The van der Waals surface area contributed by atoms with E-state index in [0.29, 0.717) is 12.6 Å². The van der Waals surface area contributed by atoms with Crippen molar-refractivity contribution < 1.29 is 4.79 Å². The highest BCUT2D eigenvalue weighted by atomic mass is 35.5. The fourth-order valence-corrected chi connectivity index (χ4v) is 5.42. The molecule has 0 bridgehead atoms. The van der Waals surface area contributed by atoms with Gasteiger partial charge in [0.15, 0.2) is 0 Å². The van der Waals surface area contributed by atoms with Crippen LogP contribution in [0.1, 0.15) is 44.1 Å². The number of fused-ring (bicyclic) bond motifs is 4. The number of piperidine rings is 1.